The van der Waals surface area contributed by atoms with E-state index in [4.69, 9.17) is 4.98 Å². The van der Waals surface area contributed by atoms with Crippen molar-refractivity contribution >= 4 is 49.1 Å². The van der Waals surface area contributed by atoms with Crippen LogP contribution < -0.4 is 4.57 Å². The Hall–Kier alpha value is -3.20. The minimum absolute atomic E-state index is 0.232. The lowest BCUT2D eigenvalue weighted by Crippen LogP contribution is -2.29. The molecule has 4 heterocycles. The topological polar surface area (TPSA) is 21.2 Å². The number of aromatic nitrogens is 3. The first-order chi connectivity index (χ1) is 14.8. The molecular weight excluding hydrogens is 378 g/mol. The standard InChI is InChI=1S/C28H28N3/c1-16-14-21-20-8-7-12-29-27(20)31-22-10-9-18(15-28(3,4)5)19-11-13-30(6)26(24(19)22)23(17(16)2)25(21)31/h7-14H,15H2,1-6H3/q+1. The monoisotopic (exact) mass is 406 g/mol. The van der Waals surface area contributed by atoms with E-state index in [1.807, 2.05) is 12.3 Å². The Labute approximate surface area is 182 Å². The molecule has 0 atom stereocenters. The van der Waals surface area contributed by atoms with E-state index < -0.39 is 0 Å². The maximum absolute atomic E-state index is 4.84. The zero-order chi connectivity index (χ0) is 21.7. The van der Waals surface area contributed by atoms with Crippen LogP contribution in [0, 0.1) is 19.3 Å². The fraction of sp³-hybridized carbons (Fsp3) is 0.286. The smallest absolute Gasteiger partial charge is 0.224 e. The van der Waals surface area contributed by atoms with Crippen LogP contribution in [0.25, 0.3) is 49.1 Å². The Balaban J connectivity index is 1.99. The number of benzene rings is 2. The highest BCUT2D eigenvalue weighted by molar-refractivity contribution is 6.25. The minimum Gasteiger partial charge on any atom is -0.292 e. The van der Waals surface area contributed by atoms with Gasteiger partial charge in [0.05, 0.1) is 21.8 Å². The fourth-order valence-electron chi connectivity index (χ4n) is 5.50. The number of pyridine rings is 3. The molecule has 3 nitrogen and oxygen atoms in total. The molecule has 0 N–H and O–H groups in total. The average molecular weight is 407 g/mol. The van der Waals surface area contributed by atoms with Gasteiger partial charge in [-0.1, -0.05) is 26.8 Å². The summed E-state index contributed by atoms with van der Waals surface area (Å²) >= 11 is 0. The van der Waals surface area contributed by atoms with E-state index >= 15 is 0 Å². The molecule has 6 aromatic rings. The molecular formula is C28H28N3+. The predicted octanol–water partition coefficient (Wildman–Crippen LogP) is 6.41. The van der Waals surface area contributed by atoms with Crippen molar-refractivity contribution in [1.82, 2.24) is 9.38 Å². The number of nitrogens with zero attached hydrogens (tertiary/aromatic N) is 3. The maximum atomic E-state index is 4.84. The van der Waals surface area contributed by atoms with Gasteiger partial charge in [0.1, 0.15) is 12.7 Å². The van der Waals surface area contributed by atoms with Gasteiger partial charge in [-0.2, -0.15) is 0 Å². The van der Waals surface area contributed by atoms with Crippen LogP contribution in [0.3, 0.4) is 0 Å². The third kappa shape index (κ3) is 2.40. The quantitative estimate of drug-likeness (QED) is 0.175. The summed E-state index contributed by atoms with van der Waals surface area (Å²) in [5.41, 5.74) is 9.24. The van der Waals surface area contributed by atoms with Gasteiger partial charge in [-0.15, -0.1) is 0 Å². The van der Waals surface area contributed by atoms with Gasteiger partial charge in [0.25, 0.3) is 0 Å². The number of rotatable bonds is 1. The summed E-state index contributed by atoms with van der Waals surface area (Å²) in [5, 5.41) is 6.57. The Morgan fingerprint density at radius 3 is 2.55 bits per heavy atom. The highest BCUT2D eigenvalue weighted by Crippen LogP contribution is 2.42. The van der Waals surface area contributed by atoms with Crippen LogP contribution in [0.5, 0.6) is 0 Å². The molecule has 31 heavy (non-hydrogen) atoms. The SMILES string of the molecule is Cc1cc2c3cccnc3n3c4ccc(CC(C)(C)C)c5cc[n+](C)c(c(c1C)c23)c54. The molecule has 2 aromatic carbocycles. The maximum Gasteiger partial charge on any atom is 0.224 e. The van der Waals surface area contributed by atoms with Crippen molar-refractivity contribution in [2.24, 2.45) is 12.5 Å². The lowest BCUT2D eigenvalue weighted by atomic mass is 9.85. The summed E-state index contributed by atoms with van der Waals surface area (Å²) in [6, 6.07) is 13.6. The zero-order valence-corrected chi connectivity index (χ0v) is 19.2. The second kappa shape index (κ2) is 5.94. The summed E-state index contributed by atoms with van der Waals surface area (Å²) in [6.07, 6.45) is 5.20. The largest absolute Gasteiger partial charge is 0.292 e. The van der Waals surface area contributed by atoms with Gasteiger partial charge in [0.2, 0.25) is 5.52 Å². The molecule has 4 aromatic heterocycles. The van der Waals surface area contributed by atoms with E-state index in [9.17, 15) is 0 Å². The molecule has 154 valence electrons. The Bertz CT molecular complexity index is 1660. The molecule has 0 radical (unpaired) electrons. The molecule has 0 saturated carbocycles. The van der Waals surface area contributed by atoms with Gasteiger partial charge in [0.15, 0.2) is 6.20 Å². The van der Waals surface area contributed by atoms with Crippen molar-refractivity contribution in [3.8, 4) is 0 Å². The second-order valence-electron chi connectivity index (χ2n) is 10.3. The molecule has 0 unspecified atom stereocenters. The predicted molar refractivity (Wildman–Crippen MR) is 130 cm³/mol. The fourth-order valence-corrected chi connectivity index (χ4v) is 5.50. The highest BCUT2D eigenvalue weighted by atomic mass is 15.0. The van der Waals surface area contributed by atoms with Crippen molar-refractivity contribution in [3.63, 3.8) is 0 Å². The van der Waals surface area contributed by atoms with E-state index in [2.05, 4.69) is 87.2 Å². The van der Waals surface area contributed by atoms with E-state index in [0.717, 1.165) is 12.1 Å². The third-order valence-electron chi connectivity index (χ3n) is 6.90. The first kappa shape index (κ1) is 18.6. The van der Waals surface area contributed by atoms with Crippen LogP contribution in [0.1, 0.15) is 37.5 Å². The molecule has 0 amide bonds. The van der Waals surface area contributed by atoms with Gasteiger partial charge in [0, 0.05) is 23.0 Å². The number of hydrogen-bond acceptors (Lipinski definition) is 1. The van der Waals surface area contributed by atoms with Gasteiger partial charge >= 0.3 is 0 Å². The van der Waals surface area contributed by atoms with E-state index in [1.165, 1.54) is 60.2 Å². The molecule has 0 bridgehead atoms. The van der Waals surface area contributed by atoms with E-state index in [1.54, 1.807) is 0 Å². The number of aryl methyl sites for hydroxylation is 3. The average Bonchev–Trinajstić information content (AvgIpc) is 3.04. The molecule has 0 spiro atoms. The van der Waals surface area contributed by atoms with Crippen LogP contribution in [0.15, 0.2) is 48.8 Å². The molecule has 0 aliphatic carbocycles. The molecule has 0 aliphatic rings. The van der Waals surface area contributed by atoms with Crippen molar-refractivity contribution in [3.05, 3.63) is 65.5 Å². The van der Waals surface area contributed by atoms with Crippen LogP contribution >= 0.6 is 0 Å². The summed E-state index contributed by atoms with van der Waals surface area (Å²) in [5.74, 6) is 0. The lowest BCUT2D eigenvalue weighted by molar-refractivity contribution is -0.643. The number of hydrogen-bond donors (Lipinski definition) is 0. The summed E-state index contributed by atoms with van der Waals surface area (Å²) in [7, 11) is 2.18. The van der Waals surface area contributed by atoms with E-state index in [0.29, 0.717) is 0 Å². The van der Waals surface area contributed by atoms with Crippen molar-refractivity contribution in [2.75, 3.05) is 0 Å². The van der Waals surface area contributed by atoms with Gasteiger partial charge in [-0.05, 0) is 72.0 Å². The lowest BCUT2D eigenvalue weighted by Gasteiger charge is -2.21. The van der Waals surface area contributed by atoms with Gasteiger partial charge in [-0.3, -0.25) is 4.40 Å². The van der Waals surface area contributed by atoms with Crippen LogP contribution in [-0.4, -0.2) is 9.38 Å². The molecule has 0 fully saturated rings. The van der Waals surface area contributed by atoms with Crippen LogP contribution in [-0.2, 0) is 13.5 Å². The van der Waals surface area contributed by atoms with Crippen LogP contribution in [0.4, 0.5) is 0 Å². The Morgan fingerprint density at radius 1 is 0.968 bits per heavy atom. The highest BCUT2D eigenvalue weighted by Gasteiger charge is 2.26. The number of fused-ring (bicyclic) bond motifs is 5. The summed E-state index contributed by atoms with van der Waals surface area (Å²) in [6.45, 7) is 11.5. The Morgan fingerprint density at radius 2 is 1.77 bits per heavy atom. The van der Waals surface area contributed by atoms with Crippen molar-refractivity contribution in [1.29, 1.82) is 0 Å². The molecule has 3 heteroatoms. The van der Waals surface area contributed by atoms with Crippen LogP contribution in [0.2, 0.25) is 0 Å². The minimum atomic E-state index is 0.232. The van der Waals surface area contributed by atoms with Crippen molar-refractivity contribution < 1.29 is 4.57 Å². The third-order valence-corrected chi connectivity index (χ3v) is 6.90. The summed E-state index contributed by atoms with van der Waals surface area (Å²) < 4.78 is 4.71. The first-order valence-electron chi connectivity index (χ1n) is 11.1. The first-order valence-corrected chi connectivity index (χ1v) is 11.1. The Kier molecular flexibility index (Phi) is 3.56. The zero-order valence-electron chi connectivity index (χ0n) is 19.2. The normalized spacial score (nSPS) is 13.0. The van der Waals surface area contributed by atoms with E-state index in [-0.39, 0.29) is 5.41 Å². The molecule has 6 rings (SSSR count). The van der Waals surface area contributed by atoms with Crippen molar-refractivity contribution in [2.45, 2.75) is 41.0 Å². The van der Waals surface area contributed by atoms with Gasteiger partial charge < -0.3 is 0 Å². The van der Waals surface area contributed by atoms with Gasteiger partial charge in [-0.25, -0.2) is 9.55 Å². The second-order valence-corrected chi connectivity index (χ2v) is 10.3. The molecule has 0 saturated heterocycles. The summed E-state index contributed by atoms with van der Waals surface area (Å²) in [4.78, 5) is 4.84. The molecule has 0 aliphatic heterocycles.